The Morgan fingerprint density at radius 1 is 1.26 bits per heavy atom. The van der Waals surface area contributed by atoms with Crippen molar-refractivity contribution in [2.45, 2.75) is 50.5 Å². The lowest BCUT2D eigenvalue weighted by atomic mass is 9.92. The average Bonchev–Trinajstić information content (AvgIpc) is 3.40. The van der Waals surface area contributed by atoms with Crippen LogP contribution < -0.4 is 0 Å². The van der Waals surface area contributed by atoms with Gasteiger partial charge in [-0.05, 0) is 62.1 Å². The number of benzene rings is 1. The van der Waals surface area contributed by atoms with E-state index in [1.165, 1.54) is 18.6 Å². The summed E-state index contributed by atoms with van der Waals surface area (Å²) in [7, 11) is 1.88. The molecule has 0 radical (unpaired) electrons. The second-order valence-corrected chi connectivity index (χ2v) is 6.90. The van der Waals surface area contributed by atoms with Gasteiger partial charge >= 0.3 is 0 Å². The van der Waals surface area contributed by atoms with Crippen LogP contribution in [0.4, 0.5) is 4.39 Å². The topological polar surface area (TPSA) is 29.5 Å². The van der Waals surface area contributed by atoms with Gasteiger partial charge in [0.15, 0.2) is 0 Å². The number of ether oxygens (including phenoxy) is 1. The van der Waals surface area contributed by atoms with E-state index in [4.69, 9.17) is 4.74 Å². The van der Waals surface area contributed by atoms with E-state index >= 15 is 0 Å². The fraction of sp³-hybridized carbons (Fsp3) is 0.632. The van der Waals surface area contributed by atoms with Gasteiger partial charge in [0.05, 0.1) is 12.0 Å². The lowest BCUT2D eigenvalue weighted by Gasteiger charge is -2.27. The third-order valence-electron chi connectivity index (χ3n) is 5.03. The molecule has 1 aromatic rings. The van der Waals surface area contributed by atoms with Gasteiger partial charge in [0.25, 0.3) is 0 Å². The van der Waals surface area contributed by atoms with E-state index in [1.807, 2.05) is 11.9 Å². The van der Waals surface area contributed by atoms with Gasteiger partial charge in [-0.2, -0.15) is 0 Å². The zero-order valence-electron chi connectivity index (χ0n) is 13.8. The molecular formula is C19H26FNO2. The van der Waals surface area contributed by atoms with Crippen LogP contribution in [0.2, 0.25) is 0 Å². The third-order valence-corrected chi connectivity index (χ3v) is 5.03. The molecule has 1 amide bonds. The van der Waals surface area contributed by atoms with Crippen molar-refractivity contribution in [2.24, 2.45) is 5.92 Å². The molecule has 1 aromatic carbocycles. The lowest BCUT2D eigenvalue weighted by Crippen LogP contribution is -2.35. The first-order chi connectivity index (χ1) is 11.1. The molecule has 2 unspecified atom stereocenters. The van der Waals surface area contributed by atoms with Gasteiger partial charge in [0, 0.05) is 20.2 Å². The summed E-state index contributed by atoms with van der Waals surface area (Å²) in [5.41, 5.74) is 0.944. The van der Waals surface area contributed by atoms with Crippen molar-refractivity contribution < 1.29 is 13.9 Å². The van der Waals surface area contributed by atoms with Crippen LogP contribution in [-0.4, -0.2) is 37.1 Å². The summed E-state index contributed by atoms with van der Waals surface area (Å²) in [4.78, 5) is 14.7. The molecule has 126 valence electrons. The Bertz CT molecular complexity index is 521. The Labute approximate surface area is 137 Å². The third kappa shape index (κ3) is 4.31. The highest BCUT2D eigenvalue weighted by molar-refractivity contribution is 5.84. The molecule has 3 rings (SSSR count). The number of hydrogen-bond donors (Lipinski definition) is 0. The summed E-state index contributed by atoms with van der Waals surface area (Å²) < 4.78 is 18.9. The van der Waals surface area contributed by atoms with Gasteiger partial charge in [-0.15, -0.1) is 0 Å². The van der Waals surface area contributed by atoms with E-state index in [0.29, 0.717) is 12.0 Å². The Kier molecular flexibility index (Phi) is 5.31. The van der Waals surface area contributed by atoms with Crippen LogP contribution in [0.25, 0.3) is 0 Å². The van der Waals surface area contributed by atoms with Crippen LogP contribution in [0.5, 0.6) is 0 Å². The number of likely N-dealkylation sites (N-methyl/N-ethyl adjacent to an activating group) is 1. The molecule has 4 heteroatoms. The quantitative estimate of drug-likeness (QED) is 0.799. The molecule has 0 N–H and O–H groups in total. The van der Waals surface area contributed by atoms with Crippen molar-refractivity contribution in [1.29, 1.82) is 0 Å². The number of amides is 1. The number of carbonyl (C=O) groups excluding carboxylic acids is 1. The van der Waals surface area contributed by atoms with Gasteiger partial charge in [0.2, 0.25) is 5.91 Å². The second-order valence-electron chi connectivity index (χ2n) is 6.90. The smallest absolute Gasteiger partial charge is 0.230 e. The molecular weight excluding hydrogens is 293 g/mol. The van der Waals surface area contributed by atoms with E-state index in [9.17, 15) is 9.18 Å². The predicted octanol–water partition coefficient (Wildman–Crippen LogP) is 3.74. The monoisotopic (exact) mass is 319 g/mol. The standard InChI is InChI=1S/C19H26FNO2/c1-21(12-11-17-4-2-3-13-23-17)19(22)18(14-5-6-14)15-7-9-16(20)10-8-15/h7-10,14,17-18H,2-6,11-13H2,1H3. The summed E-state index contributed by atoms with van der Waals surface area (Å²) in [6.45, 7) is 1.58. The first kappa shape index (κ1) is 16.4. The van der Waals surface area contributed by atoms with Crippen molar-refractivity contribution in [3.8, 4) is 0 Å². The minimum absolute atomic E-state index is 0.118. The highest BCUT2D eigenvalue weighted by Gasteiger charge is 2.38. The molecule has 1 aliphatic carbocycles. The average molecular weight is 319 g/mol. The molecule has 1 saturated carbocycles. The molecule has 0 aromatic heterocycles. The number of rotatable bonds is 6. The molecule has 3 nitrogen and oxygen atoms in total. The van der Waals surface area contributed by atoms with Crippen LogP contribution in [-0.2, 0) is 9.53 Å². The molecule has 0 bridgehead atoms. The summed E-state index contributed by atoms with van der Waals surface area (Å²) in [6.07, 6.45) is 6.86. The Morgan fingerprint density at radius 2 is 2.00 bits per heavy atom. The maximum absolute atomic E-state index is 13.1. The number of nitrogens with zero attached hydrogens (tertiary/aromatic N) is 1. The first-order valence-electron chi connectivity index (χ1n) is 8.77. The van der Waals surface area contributed by atoms with Crippen molar-refractivity contribution in [2.75, 3.05) is 20.2 Å². The fourth-order valence-electron chi connectivity index (χ4n) is 3.44. The number of hydrogen-bond acceptors (Lipinski definition) is 2. The number of halogens is 1. The predicted molar refractivity (Wildman–Crippen MR) is 87.7 cm³/mol. The molecule has 23 heavy (non-hydrogen) atoms. The van der Waals surface area contributed by atoms with Crippen LogP contribution in [0, 0.1) is 11.7 Å². The first-order valence-corrected chi connectivity index (χ1v) is 8.77. The molecule has 0 spiro atoms. The molecule has 1 heterocycles. The SMILES string of the molecule is CN(CCC1CCCCO1)C(=O)C(c1ccc(F)cc1)C1CC1. The largest absolute Gasteiger partial charge is 0.378 e. The molecule has 1 aliphatic heterocycles. The minimum atomic E-state index is -0.251. The molecule has 2 aliphatic rings. The second kappa shape index (κ2) is 7.43. The van der Waals surface area contributed by atoms with Gasteiger partial charge in [-0.3, -0.25) is 4.79 Å². The van der Waals surface area contributed by atoms with Crippen LogP contribution in [0.1, 0.15) is 50.0 Å². The van der Waals surface area contributed by atoms with Crippen molar-refractivity contribution in [1.82, 2.24) is 4.90 Å². The minimum Gasteiger partial charge on any atom is -0.378 e. The van der Waals surface area contributed by atoms with Crippen molar-refractivity contribution in [3.63, 3.8) is 0 Å². The Morgan fingerprint density at radius 3 is 2.61 bits per heavy atom. The molecule has 2 atom stereocenters. The van der Waals surface area contributed by atoms with Gasteiger partial charge in [0.1, 0.15) is 5.82 Å². The van der Waals surface area contributed by atoms with Crippen molar-refractivity contribution >= 4 is 5.91 Å². The summed E-state index contributed by atoms with van der Waals surface area (Å²) in [6, 6.07) is 6.42. The number of carbonyl (C=O) groups is 1. The van der Waals surface area contributed by atoms with Gasteiger partial charge < -0.3 is 9.64 Å². The summed E-state index contributed by atoms with van der Waals surface area (Å²) >= 11 is 0. The van der Waals surface area contributed by atoms with E-state index in [0.717, 1.165) is 50.8 Å². The van der Waals surface area contributed by atoms with E-state index in [2.05, 4.69) is 0 Å². The summed E-state index contributed by atoms with van der Waals surface area (Å²) in [5.74, 6) is 0.211. The Balaban J connectivity index is 1.60. The van der Waals surface area contributed by atoms with Gasteiger partial charge in [-0.1, -0.05) is 12.1 Å². The van der Waals surface area contributed by atoms with E-state index in [-0.39, 0.29) is 17.6 Å². The zero-order chi connectivity index (χ0) is 16.2. The normalized spacial score (nSPS) is 22.6. The Hall–Kier alpha value is -1.42. The van der Waals surface area contributed by atoms with Gasteiger partial charge in [-0.25, -0.2) is 4.39 Å². The highest BCUT2D eigenvalue weighted by Crippen LogP contribution is 2.43. The zero-order valence-corrected chi connectivity index (χ0v) is 13.8. The lowest BCUT2D eigenvalue weighted by molar-refractivity contribution is -0.132. The maximum Gasteiger partial charge on any atom is 0.230 e. The summed E-state index contributed by atoms with van der Waals surface area (Å²) in [5, 5.41) is 0. The van der Waals surface area contributed by atoms with Crippen LogP contribution >= 0.6 is 0 Å². The van der Waals surface area contributed by atoms with Crippen LogP contribution in [0.3, 0.4) is 0 Å². The molecule has 1 saturated heterocycles. The van der Waals surface area contributed by atoms with E-state index < -0.39 is 0 Å². The van der Waals surface area contributed by atoms with Crippen molar-refractivity contribution in [3.05, 3.63) is 35.6 Å². The van der Waals surface area contributed by atoms with Crippen LogP contribution in [0.15, 0.2) is 24.3 Å². The fourth-order valence-corrected chi connectivity index (χ4v) is 3.44. The molecule has 2 fully saturated rings. The highest BCUT2D eigenvalue weighted by atomic mass is 19.1. The van der Waals surface area contributed by atoms with E-state index in [1.54, 1.807) is 12.1 Å². The maximum atomic E-state index is 13.1.